The van der Waals surface area contributed by atoms with Crippen LogP contribution >= 0.6 is 28.3 Å². The maximum atomic E-state index is 13.8. The van der Waals surface area contributed by atoms with Crippen molar-refractivity contribution in [2.24, 2.45) is 11.8 Å². The fourth-order valence-electron chi connectivity index (χ4n) is 4.08. The van der Waals surface area contributed by atoms with Crippen molar-refractivity contribution in [3.05, 3.63) is 34.3 Å². The molecule has 1 aromatic carbocycles. The Bertz CT molecular complexity index is 714. The summed E-state index contributed by atoms with van der Waals surface area (Å²) in [5, 5.41) is 18.6. The number of alkyl halides is 2. The summed E-state index contributed by atoms with van der Waals surface area (Å²) in [7, 11) is 0. The molecule has 1 saturated heterocycles. The number of aliphatic hydroxyl groups is 1. The number of nitrogens with one attached hydrogen (secondary N) is 1. The van der Waals surface area contributed by atoms with Gasteiger partial charge in [-0.3, -0.25) is 5.41 Å². The monoisotopic (exact) mass is 494 g/mol. The first kappa shape index (κ1) is 24.0. The van der Waals surface area contributed by atoms with Crippen molar-refractivity contribution in [1.29, 1.82) is 5.41 Å². The van der Waals surface area contributed by atoms with Gasteiger partial charge in [-0.15, -0.1) is 12.4 Å². The number of ether oxygens (including phenoxy) is 1. The van der Waals surface area contributed by atoms with E-state index in [4.69, 9.17) is 10.1 Å². The lowest BCUT2D eigenvalue weighted by molar-refractivity contribution is -0.176. The van der Waals surface area contributed by atoms with Gasteiger partial charge < -0.3 is 14.7 Å². The molecule has 0 amide bonds. The van der Waals surface area contributed by atoms with E-state index in [0.29, 0.717) is 0 Å². The van der Waals surface area contributed by atoms with Gasteiger partial charge in [0.05, 0.1) is 12.9 Å². The molecule has 0 aromatic heterocycles. The third-order valence-corrected chi connectivity index (χ3v) is 6.40. The minimum absolute atomic E-state index is 0. The number of hydrogen-bond donors (Lipinski definition) is 2. The Morgan fingerprint density at radius 2 is 1.93 bits per heavy atom. The molecule has 2 aliphatic rings. The molecule has 9 heteroatoms. The predicted molar refractivity (Wildman–Crippen MR) is 112 cm³/mol. The van der Waals surface area contributed by atoms with Crippen LogP contribution in [-0.4, -0.2) is 47.9 Å². The number of hydrogen-bond acceptors (Lipinski definition) is 4. The molecule has 0 radical (unpaired) electrons. The summed E-state index contributed by atoms with van der Waals surface area (Å²) in [6.45, 7) is 1.59. The van der Waals surface area contributed by atoms with Crippen molar-refractivity contribution in [3.8, 4) is 0 Å². The fraction of sp³-hybridized carbons (Fsp3) is 0.600. The van der Waals surface area contributed by atoms with E-state index < -0.39 is 29.8 Å². The number of benzene rings is 1. The van der Waals surface area contributed by atoms with Gasteiger partial charge >= 0.3 is 5.97 Å². The molecule has 2 fully saturated rings. The molecule has 1 heterocycles. The molecular formula is C20H26BrClF2N2O3. The van der Waals surface area contributed by atoms with E-state index in [1.54, 1.807) is 24.3 Å². The van der Waals surface area contributed by atoms with E-state index >= 15 is 0 Å². The minimum atomic E-state index is -2.88. The Balaban J connectivity index is 0.00000300. The number of piperidine rings is 1. The molecule has 1 aromatic rings. The molecule has 5 nitrogen and oxygen atoms in total. The van der Waals surface area contributed by atoms with Gasteiger partial charge in [-0.2, -0.15) is 0 Å². The smallest absolute Gasteiger partial charge is 0.343 e. The molecule has 0 bridgehead atoms. The van der Waals surface area contributed by atoms with Crippen LogP contribution in [0.15, 0.2) is 28.7 Å². The van der Waals surface area contributed by atoms with E-state index in [2.05, 4.69) is 15.9 Å². The maximum Gasteiger partial charge on any atom is 0.343 e. The molecule has 162 valence electrons. The largest absolute Gasteiger partial charge is 0.463 e. The van der Waals surface area contributed by atoms with Gasteiger partial charge in [-0.1, -0.05) is 28.1 Å². The maximum absolute atomic E-state index is 13.8. The summed E-state index contributed by atoms with van der Waals surface area (Å²) >= 11 is 3.31. The zero-order valence-electron chi connectivity index (χ0n) is 16.0. The van der Waals surface area contributed by atoms with Crippen molar-refractivity contribution < 1.29 is 23.4 Å². The van der Waals surface area contributed by atoms with Crippen LogP contribution in [0.5, 0.6) is 0 Å². The quantitative estimate of drug-likeness (QED) is 0.349. The van der Waals surface area contributed by atoms with Crippen molar-refractivity contribution in [2.45, 2.75) is 43.6 Å². The third kappa shape index (κ3) is 5.47. The Morgan fingerprint density at radius 1 is 1.31 bits per heavy atom. The molecule has 2 N–H and O–H groups in total. The van der Waals surface area contributed by atoms with Gasteiger partial charge in [0, 0.05) is 36.3 Å². The Kier molecular flexibility index (Phi) is 8.04. The highest BCUT2D eigenvalue weighted by Crippen LogP contribution is 2.48. The molecule has 3 rings (SSSR count). The first-order valence-corrected chi connectivity index (χ1v) is 10.3. The van der Waals surface area contributed by atoms with E-state index in [9.17, 15) is 18.7 Å². The highest BCUT2D eigenvalue weighted by molar-refractivity contribution is 9.10. The average Bonchev–Trinajstić information content (AvgIpc) is 3.06. The molecule has 0 spiro atoms. The number of likely N-dealkylation sites (tertiary alicyclic amines) is 1. The van der Waals surface area contributed by atoms with E-state index in [0.717, 1.165) is 30.4 Å². The molecule has 2 atom stereocenters. The normalized spacial score (nSPS) is 23.7. The van der Waals surface area contributed by atoms with Crippen molar-refractivity contribution in [1.82, 2.24) is 4.90 Å². The summed E-state index contributed by atoms with van der Waals surface area (Å²) in [6.07, 6.45) is 2.04. The highest BCUT2D eigenvalue weighted by atomic mass is 79.9. The number of carbonyl (C=O) groups excluding carboxylic acids is 1. The highest BCUT2D eigenvalue weighted by Gasteiger charge is 2.54. The van der Waals surface area contributed by atoms with Crippen LogP contribution in [0.25, 0.3) is 0 Å². The van der Waals surface area contributed by atoms with Gasteiger partial charge in [0.1, 0.15) is 0 Å². The van der Waals surface area contributed by atoms with E-state index in [1.165, 1.54) is 6.34 Å². The van der Waals surface area contributed by atoms with Crippen LogP contribution < -0.4 is 0 Å². The van der Waals surface area contributed by atoms with Crippen LogP contribution in [0.3, 0.4) is 0 Å². The van der Waals surface area contributed by atoms with Crippen LogP contribution in [0.4, 0.5) is 8.78 Å². The molecule has 2 unspecified atom stereocenters. The van der Waals surface area contributed by atoms with Gasteiger partial charge in [0.15, 0.2) is 5.60 Å². The number of esters is 1. The molecule has 1 aliphatic heterocycles. The standard InChI is InChI=1S/C20H25BrF2N2O3.ClH/c21-17-3-1-15(2-4-17)20(27,16-5-8-19(22,23)11-16)18(26)28-12-14-6-9-25(13-24)10-7-14;/h1-4,13-14,16,24,27H,5-12H2;1H. The Morgan fingerprint density at radius 3 is 2.45 bits per heavy atom. The lowest BCUT2D eigenvalue weighted by atomic mass is 9.80. The SMILES string of the molecule is Cl.N=CN1CCC(COC(=O)C(O)(c2ccc(Br)cc2)C2CCC(F)(F)C2)CC1. The van der Waals surface area contributed by atoms with Gasteiger partial charge in [0.2, 0.25) is 5.92 Å². The first-order valence-electron chi connectivity index (χ1n) is 9.53. The summed E-state index contributed by atoms with van der Waals surface area (Å²) in [5.74, 6) is -4.49. The van der Waals surface area contributed by atoms with Crippen molar-refractivity contribution in [3.63, 3.8) is 0 Å². The summed E-state index contributed by atoms with van der Waals surface area (Å²) in [6, 6.07) is 6.50. The minimum Gasteiger partial charge on any atom is -0.463 e. The van der Waals surface area contributed by atoms with Crippen LogP contribution in [0.1, 0.15) is 37.7 Å². The predicted octanol–water partition coefficient (Wildman–Crippen LogP) is 4.36. The summed E-state index contributed by atoms with van der Waals surface area (Å²) < 4.78 is 33.9. The zero-order valence-corrected chi connectivity index (χ0v) is 18.4. The fourth-order valence-corrected chi connectivity index (χ4v) is 4.35. The van der Waals surface area contributed by atoms with Crippen molar-refractivity contribution >= 4 is 40.6 Å². The lowest BCUT2D eigenvalue weighted by Gasteiger charge is -2.34. The van der Waals surface area contributed by atoms with E-state index in [-0.39, 0.29) is 43.3 Å². The number of halogens is 4. The zero-order chi connectivity index (χ0) is 20.4. The van der Waals surface area contributed by atoms with Gasteiger partial charge in [0.25, 0.3) is 0 Å². The lowest BCUT2D eigenvalue weighted by Crippen LogP contribution is -2.45. The number of rotatable bonds is 6. The van der Waals surface area contributed by atoms with Gasteiger partial charge in [-0.25, -0.2) is 13.6 Å². The Hall–Kier alpha value is -1.25. The molecule has 1 saturated carbocycles. The second kappa shape index (κ2) is 9.71. The molecule has 29 heavy (non-hydrogen) atoms. The van der Waals surface area contributed by atoms with Crippen LogP contribution in [0.2, 0.25) is 0 Å². The van der Waals surface area contributed by atoms with Crippen LogP contribution in [0, 0.1) is 17.2 Å². The second-order valence-electron chi connectivity index (χ2n) is 7.78. The molecular weight excluding hydrogens is 470 g/mol. The third-order valence-electron chi connectivity index (χ3n) is 5.87. The van der Waals surface area contributed by atoms with Gasteiger partial charge in [-0.05, 0) is 42.9 Å². The second-order valence-corrected chi connectivity index (χ2v) is 8.69. The summed E-state index contributed by atoms with van der Waals surface area (Å²) in [5.41, 5.74) is -1.81. The van der Waals surface area contributed by atoms with Crippen molar-refractivity contribution in [2.75, 3.05) is 19.7 Å². The Labute approximate surface area is 183 Å². The van der Waals surface area contributed by atoms with Crippen LogP contribution in [-0.2, 0) is 15.1 Å². The summed E-state index contributed by atoms with van der Waals surface area (Å²) in [4.78, 5) is 14.8. The number of nitrogens with zero attached hydrogens (tertiary/aromatic N) is 1. The van der Waals surface area contributed by atoms with E-state index in [1.807, 2.05) is 4.90 Å². The number of carbonyl (C=O) groups is 1. The molecule has 1 aliphatic carbocycles. The topological polar surface area (TPSA) is 73.6 Å². The first-order chi connectivity index (χ1) is 13.2. The average molecular weight is 496 g/mol.